The van der Waals surface area contributed by atoms with Crippen molar-refractivity contribution in [2.24, 2.45) is 0 Å². The maximum atomic E-state index is 12.7. The lowest BCUT2D eigenvalue weighted by atomic mass is 10.1. The van der Waals surface area contributed by atoms with Gasteiger partial charge in [-0.05, 0) is 50.7 Å². The summed E-state index contributed by atoms with van der Waals surface area (Å²) in [7, 11) is 3.68. The van der Waals surface area contributed by atoms with Crippen LogP contribution in [0, 0.1) is 0 Å². The number of carbonyl (C=O) groups excluding carboxylic acids is 1. The zero-order valence-electron chi connectivity index (χ0n) is 17.9. The van der Waals surface area contributed by atoms with Crippen LogP contribution < -0.4 is 4.74 Å². The number of fused-ring (bicyclic) bond motifs is 1. The molecule has 156 valence electrons. The highest BCUT2D eigenvalue weighted by Gasteiger charge is 2.32. The van der Waals surface area contributed by atoms with Crippen molar-refractivity contribution in [3.05, 3.63) is 71.2 Å². The fourth-order valence-corrected chi connectivity index (χ4v) is 3.85. The Kier molecular flexibility index (Phi) is 5.55. The first-order valence-corrected chi connectivity index (χ1v) is 10.1. The number of hydrogen-bond acceptors (Lipinski definition) is 5. The van der Waals surface area contributed by atoms with Crippen LogP contribution in [0.15, 0.2) is 48.8 Å². The molecule has 0 unspecified atom stereocenters. The van der Waals surface area contributed by atoms with Gasteiger partial charge in [0.2, 0.25) is 5.88 Å². The number of hydrogen-bond donors (Lipinski definition) is 0. The minimum absolute atomic E-state index is 0.0472. The molecule has 7 nitrogen and oxygen atoms in total. The molecule has 0 saturated carbocycles. The quantitative estimate of drug-likeness (QED) is 0.604. The Morgan fingerprint density at radius 1 is 1.20 bits per heavy atom. The van der Waals surface area contributed by atoms with Gasteiger partial charge in [0.05, 0.1) is 30.6 Å². The molecule has 3 aromatic rings. The maximum absolute atomic E-state index is 12.7. The Morgan fingerprint density at radius 3 is 2.73 bits per heavy atom. The Hall–Kier alpha value is -3.19. The molecule has 30 heavy (non-hydrogen) atoms. The minimum atomic E-state index is 0.0472. The zero-order chi connectivity index (χ0) is 21.3. The number of carbonyl (C=O) groups is 1. The van der Waals surface area contributed by atoms with E-state index >= 15 is 0 Å². The second-order valence-electron chi connectivity index (χ2n) is 7.97. The van der Waals surface area contributed by atoms with Crippen LogP contribution in [-0.2, 0) is 19.6 Å². The predicted octanol–water partition coefficient (Wildman–Crippen LogP) is 3.27. The summed E-state index contributed by atoms with van der Waals surface area (Å²) in [6, 6.07) is 12.3. The highest BCUT2D eigenvalue weighted by atomic mass is 16.5. The van der Waals surface area contributed by atoms with Crippen LogP contribution in [0.3, 0.4) is 0 Å². The summed E-state index contributed by atoms with van der Waals surface area (Å²) in [6.07, 6.45) is 3.70. The van der Waals surface area contributed by atoms with E-state index in [1.165, 1.54) is 5.56 Å². The van der Waals surface area contributed by atoms with E-state index in [4.69, 9.17) is 4.74 Å². The van der Waals surface area contributed by atoms with Crippen LogP contribution in [-0.4, -0.2) is 50.7 Å². The molecule has 0 atom stereocenters. The van der Waals surface area contributed by atoms with Crippen molar-refractivity contribution in [3.63, 3.8) is 0 Å². The monoisotopic (exact) mass is 405 g/mol. The Bertz CT molecular complexity index is 1050. The number of aromatic nitrogens is 3. The van der Waals surface area contributed by atoms with E-state index in [2.05, 4.69) is 34.2 Å². The lowest BCUT2D eigenvalue weighted by molar-refractivity contribution is 0.0730. The number of methoxy groups -OCH3 is 1. The molecule has 0 fully saturated rings. The van der Waals surface area contributed by atoms with E-state index in [0.717, 1.165) is 23.5 Å². The molecule has 2 aromatic heterocycles. The lowest BCUT2D eigenvalue weighted by Gasteiger charge is -2.19. The smallest absolute Gasteiger partial charge is 0.256 e. The van der Waals surface area contributed by atoms with Crippen molar-refractivity contribution < 1.29 is 9.53 Å². The largest absolute Gasteiger partial charge is 0.481 e. The predicted molar refractivity (Wildman–Crippen MR) is 115 cm³/mol. The van der Waals surface area contributed by atoms with Gasteiger partial charge in [0.25, 0.3) is 5.91 Å². The first kappa shape index (κ1) is 20.1. The molecule has 4 rings (SSSR count). The third kappa shape index (κ3) is 3.93. The summed E-state index contributed by atoms with van der Waals surface area (Å²) in [5.74, 6) is 0.635. The van der Waals surface area contributed by atoms with Gasteiger partial charge >= 0.3 is 0 Å². The molecule has 3 heterocycles. The van der Waals surface area contributed by atoms with Gasteiger partial charge in [-0.15, -0.1) is 0 Å². The van der Waals surface area contributed by atoms with Crippen molar-refractivity contribution in [3.8, 4) is 11.6 Å². The Balaban J connectivity index is 1.52. The summed E-state index contributed by atoms with van der Waals surface area (Å²) in [4.78, 5) is 21.4. The maximum Gasteiger partial charge on any atom is 0.256 e. The van der Waals surface area contributed by atoms with Crippen molar-refractivity contribution in [1.29, 1.82) is 0 Å². The molecule has 1 amide bonds. The number of ether oxygens (including phenoxy) is 1. The van der Waals surface area contributed by atoms with Gasteiger partial charge in [0.15, 0.2) is 0 Å². The van der Waals surface area contributed by atoms with E-state index in [0.29, 0.717) is 24.5 Å². The highest BCUT2D eigenvalue weighted by molar-refractivity contribution is 5.98. The molecular weight excluding hydrogens is 378 g/mol. The van der Waals surface area contributed by atoms with Crippen LogP contribution in [0.25, 0.3) is 5.69 Å². The lowest BCUT2D eigenvalue weighted by Crippen LogP contribution is -2.30. The van der Waals surface area contributed by atoms with Crippen LogP contribution >= 0.6 is 0 Å². The number of nitrogens with zero attached hydrogens (tertiary/aromatic N) is 5. The fourth-order valence-electron chi connectivity index (χ4n) is 3.85. The molecule has 0 radical (unpaired) electrons. The second-order valence-corrected chi connectivity index (χ2v) is 7.97. The SMILES string of the molecule is COc1nc2c(cc1CN(C)Cc1cccc(-n3cccn3)c1)C(=O)N(C(C)C)C2. The van der Waals surface area contributed by atoms with Gasteiger partial charge < -0.3 is 9.64 Å². The molecule has 0 saturated heterocycles. The van der Waals surface area contributed by atoms with Crippen molar-refractivity contribution >= 4 is 5.91 Å². The van der Waals surface area contributed by atoms with Gasteiger partial charge in [0, 0.05) is 37.1 Å². The van der Waals surface area contributed by atoms with Gasteiger partial charge in [-0.25, -0.2) is 9.67 Å². The first-order valence-electron chi connectivity index (χ1n) is 10.1. The van der Waals surface area contributed by atoms with Crippen LogP contribution in [0.2, 0.25) is 0 Å². The molecule has 1 aliphatic heterocycles. The average molecular weight is 406 g/mol. The van der Waals surface area contributed by atoms with Gasteiger partial charge in [0.1, 0.15) is 0 Å². The molecule has 7 heteroatoms. The molecule has 1 aromatic carbocycles. The third-order valence-corrected chi connectivity index (χ3v) is 5.34. The van der Waals surface area contributed by atoms with Gasteiger partial charge in [-0.3, -0.25) is 9.69 Å². The summed E-state index contributed by atoms with van der Waals surface area (Å²) >= 11 is 0. The molecular formula is C23H27N5O2. The zero-order valence-corrected chi connectivity index (χ0v) is 17.9. The van der Waals surface area contributed by atoms with Gasteiger partial charge in [-0.2, -0.15) is 5.10 Å². The second kappa shape index (κ2) is 8.28. The summed E-state index contributed by atoms with van der Waals surface area (Å²) in [6.45, 7) is 5.96. The van der Waals surface area contributed by atoms with Crippen molar-refractivity contribution in [2.45, 2.75) is 39.5 Å². The molecule has 0 bridgehead atoms. The molecule has 0 spiro atoms. The molecule has 1 aliphatic rings. The summed E-state index contributed by atoms with van der Waals surface area (Å²) < 4.78 is 7.39. The van der Waals surface area contributed by atoms with E-state index in [-0.39, 0.29) is 11.9 Å². The minimum Gasteiger partial charge on any atom is -0.481 e. The van der Waals surface area contributed by atoms with Gasteiger partial charge in [-0.1, -0.05) is 12.1 Å². The fraction of sp³-hybridized carbons (Fsp3) is 0.348. The Morgan fingerprint density at radius 2 is 2.03 bits per heavy atom. The standard InChI is InChI=1S/C23H27N5O2/c1-16(2)27-15-21-20(23(27)29)12-18(22(25-21)30-4)14-26(3)13-17-7-5-8-19(11-17)28-10-6-9-24-28/h5-12,16H,13-15H2,1-4H3. The molecule has 0 N–H and O–H groups in total. The first-order chi connectivity index (χ1) is 14.5. The van der Waals surface area contributed by atoms with E-state index in [9.17, 15) is 4.79 Å². The average Bonchev–Trinajstić information content (AvgIpc) is 3.36. The Labute approximate surface area is 176 Å². The number of amides is 1. The normalized spacial score (nSPS) is 13.4. The summed E-state index contributed by atoms with van der Waals surface area (Å²) in [5, 5.41) is 4.30. The topological polar surface area (TPSA) is 63.5 Å². The highest BCUT2D eigenvalue weighted by Crippen LogP contribution is 2.29. The summed E-state index contributed by atoms with van der Waals surface area (Å²) in [5.41, 5.74) is 4.61. The van der Waals surface area contributed by atoms with Crippen LogP contribution in [0.5, 0.6) is 5.88 Å². The third-order valence-electron chi connectivity index (χ3n) is 5.34. The van der Waals surface area contributed by atoms with E-state index < -0.39 is 0 Å². The van der Waals surface area contributed by atoms with Crippen molar-refractivity contribution in [2.75, 3.05) is 14.2 Å². The number of rotatable bonds is 7. The molecule has 0 aliphatic carbocycles. The van der Waals surface area contributed by atoms with Crippen molar-refractivity contribution in [1.82, 2.24) is 24.6 Å². The van der Waals surface area contributed by atoms with Crippen LogP contribution in [0.4, 0.5) is 0 Å². The number of benzene rings is 1. The number of pyridine rings is 1. The van der Waals surface area contributed by atoms with E-state index in [1.54, 1.807) is 13.3 Å². The van der Waals surface area contributed by atoms with E-state index in [1.807, 2.05) is 53.9 Å². The van der Waals surface area contributed by atoms with Crippen LogP contribution in [0.1, 0.15) is 41.0 Å².